The normalized spacial score (nSPS) is 24.4. The Morgan fingerprint density at radius 3 is 3.00 bits per heavy atom. The lowest BCUT2D eigenvalue weighted by atomic mass is 9.93. The van der Waals surface area contributed by atoms with Gasteiger partial charge in [-0.1, -0.05) is 12.1 Å². The molecule has 1 atom stereocenters. The quantitative estimate of drug-likeness (QED) is 0.716. The molecule has 1 amide bonds. The Hall–Kier alpha value is -1.39. The highest BCUT2D eigenvalue weighted by atomic mass is 16.3. The van der Waals surface area contributed by atoms with Crippen LogP contribution in [0.4, 0.5) is 5.69 Å². The van der Waals surface area contributed by atoms with Crippen molar-refractivity contribution < 1.29 is 9.90 Å². The van der Waals surface area contributed by atoms with Crippen LogP contribution in [-0.2, 0) is 4.79 Å². The lowest BCUT2D eigenvalue weighted by Gasteiger charge is -2.31. The van der Waals surface area contributed by atoms with Crippen molar-refractivity contribution in [3.63, 3.8) is 0 Å². The fourth-order valence-corrected chi connectivity index (χ4v) is 2.05. The Morgan fingerprint density at radius 1 is 1.53 bits per heavy atom. The zero-order valence-corrected chi connectivity index (χ0v) is 9.99. The van der Waals surface area contributed by atoms with E-state index in [1.54, 1.807) is 0 Å². The van der Waals surface area contributed by atoms with Gasteiger partial charge in [0.1, 0.15) is 0 Å². The molecule has 1 aromatic rings. The standard InChI is InChI=1S/C13H18N2O2/c1-10-4-2-5-11(8-10)15-12(16)13(17)6-3-7-14-9-13/h2,4-5,8,14,17H,3,6-7,9H2,1H3,(H,15,16). The van der Waals surface area contributed by atoms with E-state index in [9.17, 15) is 9.90 Å². The molecule has 17 heavy (non-hydrogen) atoms. The molecule has 1 fully saturated rings. The SMILES string of the molecule is Cc1cccc(NC(=O)C2(O)CCCNC2)c1. The number of anilines is 1. The molecule has 0 bridgehead atoms. The monoisotopic (exact) mass is 234 g/mol. The van der Waals surface area contributed by atoms with Crippen LogP contribution < -0.4 is 10.6 Å². The van der Waals surface area contributed by atoms with E-state index in [1.807, 2.05) is 31.2 Å². The van der Waals surface area contributed by atoms with E-state index >= 15 is 0 Å². The zero-order valence-electron chi connectivity index (χ0n) is 9.99. The summed E-state index contributed by atoms with van der Waals surface area (Å²) in [6.45, 7) is 3.15. The van der Waals surface area contributed by atoms with E-state index in [0.717, 1.165) is 24.2 Å². The van der Waals surface area contributed by atoms with Crippen molar-refractivity contribution in [2.75, 3.05) is 18.4 Å². The Morgan fingerprint density at radius 2 is 2.35 bits per heavy atom. The Labute approximate surface area is 101 Å². The molecule has 0 spiro atoms. The van der Waals surface area contributed by atoms with Crippen molar-refractivity contribution in [2.45, 2.75) is 25.4 Å². The number of benzene rings is 1. The molecule has 1 unspecified atom stereocenters. The average molecular weight is 234 g/mol. The molecule has 92 valence electrons. The second-order valence-electron chi connectivity index (χ2n) is 4.64. The molecule has 1 heterocycles. The third-order valence-electron chi connectivity index (χ3n) is 3.06. The lowest BCUT2D eigenvalue weighted by molar-refractivity contribution is -0.135. The summed E-state index contributed by atoms with van der Waals surface area (Å²) in [5, 5.41) is 16.0. The molecule has 1 aliphatic heterocycles. The van der Waals surface area contributed by atoms with Crippen LogP contribution in [-0.4, -0.2) is 29.7 Å². The molecule has 3 N–H and O–H groups in total. The van der Waals surface area contributed by atoms with Gasteiger partial charge < -0.3 is 15.7 Å². The van der Waals surface area contributed by atoms with Crippen LogP contribution in [0, 0.1) is 6.92 Å². The number of nitrogens with one attached hydrogen (secondary N) is 2. The minimum atomic E-state index is -1.28. The molecule has 0 radical (unpaired) electrons. The molecule has 1 aromatic carbocycles. The Balaban J connectivity index is 2.05. The summed E-state index contributed by atoms with van der Waals surface area (Å²) >= 11 is 0. The van der Waals surface area contributed by atoms with Gasteiger partial charge in [-0.05, 0) is 44.0 Å². The molecule has 4 heteroatoms. The Bertz CT molecular complexity index is 412. The van der Waals surface area contributed by atoms with Gasteiger partial charge in [0.05, 0.1) is 0 Å². The van der Waals surface area contributed by atoms with Crippen molar-refractivity contribution in [3.8, 4) is 0 Å². The number of piperidine rings is 1. The highest BCUT2D eigenvalue weighted by molar-refractivity contribution is 5.97. The van der Waals surface area contributed by atoms with E-state index in [-0.39, 0.29) is 5.91 Å². The number of β-amino-alcohol motifs (C(OH)–C–C–N with tert-alkyl or cyclic N) is 1. The summed E-state index contributed by atoms with van der Waals surface area (Å²) in [6, 6.07) is 7.56. The predicted molar refractivity (Wildman–Crippen MR) is 66.9 cm³/mol. The van der Waals surface area contributed by atoms with E-state index < -0.39 is 5.60 Å². The topological polar surface area (TPSA) is 61.4 Å². The number of hydrogen-bond donors (Lipinski definition) is 3. The number of rotatable bonds is 2. The van der Waals surface area contributed by atoms with E-state index in [2.05, 4.69) is 10.6 Å². The first-order valence-corrected chi connectivity index (χ1v) is 5.91. The summed E-state index contributed by atoms with van der Waals surface area (Å²) < 4.78 is 0. The number of amides is 1. The second-order valence-corrected chi connectivity index (χ2v) is 4.64. The van der Waals surface area contributed by atoms with Crippen molar-refractivity contribution in [1.82, 2.24) is 5.32 Å². The van der Waals surface area contributed by atoms with Gasteiger partial charge in [0.15, 0.2) is 5.60 Å². The molecule has 1 aliphatic rings. The van der Waals surface area contributed by atoms with E-state index in [0.29, 0.717) is 13.0 Å². The fraction of sp³-hybridized carbons (Fsp3) is 0.462. The third-order valence-corrected chi connectivity index (χ3v) is 3.06. The lowest BCUT2D eigenvalue weighted by Crippen LogP contribution is -2.53. The fourth-order valence-electron chi connectivity index (χ4n) is 2.05. The average Bonchev–Trinajstić information content (AvgIpc) is 2.30. The highest BCUT2D eigenvalue weighted by Gasteiger charge is 2.37. The molecule has 0 aliphatic carbocycles. The minimum Gasteiger partial charge on any atom is -0.379 e. The van der Waals surface area contributed by atoms with Crippen LogP contribution in [0.2, 0.25) is 0 Å². The molecule has 0 aromatic heterocycles. The maximum absolute atomic E-state index is 12.0. The van der Waals surface area contributed by atoms with Gasteiger partial charge in [0, 0.05) is 12.2 Å². The maximum Gasteiger partial charge on any atom is 0.257 e. The van der Waals surface area contributed by atoms with Crippen LogP contribution in [0.1, 0.15) is 18.4 Å². The van der Waals surface area contributed by atoms with Gasteiger partial charge in [-0.25, -0.2) is 0 Å². The molecule has 0 saturated carbocycles. The predicted octanol–water partition coefficient (Wildman–Crippen LogP) is 1.05. The second kappa shape index (κ2) is 4.85. The summed E-state index contributed by atoms with van der Waals surface area (Å²) in [5.41, 5.74) is 0.535. The van der Waals surface area contributed by atoms with Crippen LogP contribution >= 0.6 is 0 Å². The molecule has 4 nitrogen and oxygen atoms in total. The van der Waals surface area contributed by atoms with Crippen LogP contribution in [0.25, 0.3) is 0 Å². The van der Waals surface area contributed by atoms with Crippen LogP contribution in [0.3, 0.4) is 0 Å². The first-order chi connectivity index (χ1) is 8.10. The van der Waals surface area contributed by atoms with Gasteiger partial charge in [0.25, 0.3) is 5.91 Å². The molecular formula is C13H18N2O2. The third kappa shape index (κ3) is 2.84. The smallest absolute Gasteiger partial charge is 0.257 e. The number of hydrogen-bond acceptors (Lipinski definition) is 3. The van der Waals surface area contributed by atoms with Gasteiger partial charge in [-0.2, -0.15) is 0 Å². The summed E-state index contributed by atoms with van der Waals surface area (Å²) in [4.78, 5) is 12.0. The van der Waals surface area contributed by atoms with Crippen molar-refractivity contribution in [1.29, 1.82) is 0 Å². The van der Waals surface area contributed by atoms with Gasteiger partial charge in [-0.15, -0.1) is 0 Å². The highest BCUT2D eigenvalue weighted by Crippen LogP contribution is 2.19. The molecular weight excluding hydrogens is 216 g/mol. The number of aryl methyl sites for hydroxylation is 1. The minimum absolute atomic E-state index is 0.324. The van der Waals surface area contributed by atoms with Crippen molar-refractivity contribution in [3.05, 3.63) is 29.8 Å². The van der Waals surface area contributed by atoms with Crippen molar-refractivity contribution >= 4 is 11.6 Å². The van der Waals surface area contributed by atoms with E-state index in [1.165, 1.54) is 0 Å². The number of aliphatic hydroxyl groups is 1. The van der Waals surface area contributed by atoms with Crippen LogP contribution in [0.5, 0.6) is 0 Å². The van der Waals surface area contributed by atoms with Gasteiger partial charge in [0.2, 0.25) is 0 Å². The molecule has 2 rings (SSSR count). The summed E-state index contributed by atoms with van der Waals surface area (Å²) in [6.07, 6.45) is 1.33. The first-order valence-electron chi connectivity index (χ1n) is 5.91. The van der Waals surface area contributed by atoms with Crippen molar-refractivity contribution in [2.24, 2.45) is 0 Å². The maximum atomic E-state index is 12.0. The van der Waals surface area contributed by atoms with Gasteiger partial charge in [-0.3, -0.25) is 4.79 Å². The Kier molecular flexibility index (Phi) is 3.45. The largest absolute Gasteiger partial charge is 0.379 e. The zero-order chi connectivity index (χ0) is 12.3. The summed E-state index contributed by atoms with van der Waals surface area (Å²) in [7, 11) is 0. The number of carbonyl (C=O) groups is 1. The van der Waals surface area contributed by atoms with Crippen LogP contribution in [0.15, 0.2) is 24.3 Å². The van der Waals surface area contributed by atoms with E-state index in [4.69, 9.17) is 0 Å². The number of carbonyl (C=O) groups excluding carboxylic acids is 1. The van der Waals surface area contributed by atoms with Gasteiger partial charge >= 0.3 is 0 Å². The summed E-state index contributed by atoms with van der Waals surface area (Å²) in [5.74, 6) is -0.324. The molecule has 1 saturated heterocycles. The first kappa shape index (κ1) is 12.1.